The van der Waals surface area contributed by atoms with Crippen LogP contribution in [-0.2, 0) is 4.79 Å². The van der Waals surface area contributed by atoms with Gasteiger partial charge in [-0.2, -0.15) is 0 Å². The Kier molecular flexibility index (Phi) is 24.6. The number of aliphatic hydroxyl groups is 3. The summed E-state index contributed by atoms with van der Waals surface area (Å²) in [5.74, 6) is -0.346. The first kappa shape index (κ1) is 33.6. The van der Waals surface area contributed by atoms with Crippen molar-refractivity contribution in [3.05, 3.63) is 36.5 Å². The molecule has 35 heavy (non-hydrogen) atoms. The third-order valence-electron chi connectivity index (χ3n) is 6.15. The van der Waals surface area contributed by atoms with Crippen molar-refractivity contribution in [3.63, 3.8) is 0 Å². The van der Waals surface area contributed by atoms with Crippen LogP contribution in [0.5, 0.6) is 0 Å². The van der Waals surface area contributed by atoms with Crippen LogP contribution in [0.25, 0.3) is 0 Å². The fraction of sp³-hybridized carbons (Fsp3) is 0.767. The molecule has 0 aromatic carbocycles. The molecule has 0 saturated heterocycles. The Hall–Kier alpha value is -1.43. The van der Waals surface area contributed by atoms with E-state index in [9.17, 15) is 20.1 Å². The molecular formula is C30H55NO4. The molecule has 0 aromatic heterocycles. The molecule has 0 rings (SSSR count). The lowest BCUT2D eigenvalue weighted by Gasteiger charge is -2.20. The van der Waals surface area contributed by atoms with Gasteiger partial charge in [-0.05, 0) is 51.4 Å². The molecule has 0 aliphatic carbocycles. The summed E-state index contributed by atoms with van der Waals surface area (Å²) in [5, 5.41) is 32.6. The quantitative estimate of drug-likeness (QED) is 0.0909. The second-order valence-electron chi connectivity index (χ2n) is 9.64. The number of carbonyl (C=O) groups excluding carboxylic acids is 1. The van der Waals surface area contributed by atoms with Gasteiger partial charge in [0, 0.05) is 0 Å². The van der Waals surface area contributed by atoms with E-state index in [1.807, 2.05) is 6.08 Å². The van der Waals surface area contributed by atoms with Gasteiger partial charge in [0.15, 0.2) is 0 Å². The lowest BCUT2D eigenvalue weighted by Crippen LogP contribution is -2.45. The molecule has 5 nitrogen and oxygen atoms in total. The number of nitrogens with one attached hydrogen (secondary N) is 1. The topological polar surface area (TPSA) is 89.8 Å². The molecule has 1 amide bonds. The first-order valence-corrected chi connectivity index (χ1v) is 14.3. The summed E-state index contributed by atoms with van der Waals surface area (Å²) in [6, 6.07) is -0.762. The van der Waals surface area contributed by atoms with E-state index < -0.39 is 18.2 Å². The first-order valence-electron chi connectivity index (χ1n) is 14.3. The lowest BCUT2D eigenvalue weighted by molar-refractivity contribution is -0.124. The second kappa shape index (κ2) is 25.7. The maximum Gasteiger partial charge on any atom is 0.222 e. The van der Waals surface area contributed by atoms with Crippen LogP contribution in [0.1, 0.15) is 123 Å². The van der Waals surface area contributed by atoms with Crippen LogP contribution in [-0.4, -0.2) is 46.1 Å². The maximum absolute atomic E-state index is 12.2. The molecule has 0 heterocycles. The molecule has 0 bridgehead atoms. The molecule has 204 valence electrons. The van der Waals surface area contributed by atoms with Gasteiger partial charge in [0.2, 0.25) is 5.91 Å². The first-order chi connectivity index (χ1) is 17.0. The molecule has 0 aromatic rings. The van der Waals surface area contributed by atoms with Crippen LogP contribution in [0, 0.1) is 0 Å². The standard InChI is InChI=1S/C30H55NO4/c1-3-5-7-9-11-13-14-15-16-18-20-22-24-29(34)28(26-32)31-30(35)25-27(33)23-21-19-17-12-10-8-6-4-2/h10,12,15-16,22,24,27-29,32-34H,3-9,11,13-14,17-21,23,25-26H2,1-2H3,(H,31,35)/b12-10-,16-15+,24-22+. The molecular weight excluding hydrogens is 438 g/mol. The highest BCUT2D eigenvalue weighted by Gasteiger charge is 2.19. The number of hydrogen-bond donors (Lipinski definition) is 4. The van der Waals surface area contributed by atoms with Gasteiger partial charge in [0.25, 0.3) is 0 Å². The maximum atomic E-state index is 12.2. The molecule has 0 radical (unpaired) electrons. The summed E-state index contributed by atoms with van der Waals surface area (Å²) >= 11 is 0. The van der Waals surface area contributed by atoms with Crippen molar-refractivity contribution in [3.8, 4) is 0 Å². The van der Waals surface area contributed by atoms with E-state index in [-0.39, 0.29) is 18.9 Å². The number of allylic oxidation sites excluding steroid dienone is 5. The van der Waals surface area contributed by atoms with Crippen molar-refractivity contribution < 1.29 is 20.1 Å². The smallest absolute Gasteiger partial charge is 0.222 e. The average molecular weight is 494 g/mol. The van der Waals surface area contributed by atoms with Crippen LogP contribution in [0.2, 0.25) is 0 Å². The number of hydrogen-bond acceptors (Lipinski definition) is 4. The highest BCUT2D eigenvalue weighted by molar-refractivity contribution is 5.76. The minimum Gasteiger partial charge on any atom is -0.394 e. The lowest BCUT2D eigenvalue weighted by atomic mass is 10.1. The predicted molar refractivity (Wildman–Crippen MR) is 148 cm³/mol. The van der Waals surface area contributed by atoms with Crippen molar-refractivity contribution >= 4 is 5.91 Å². The van der Waals surface area contributed by atoms with E-state index in [0.717, 1.165) is 44.9 Å². The minimum atomic E-state index is -0.951. The van der Waals surface area contributed by atoms with Crippen LogP contribution < -0.4 is 5.32 Å². The highest BCUT2D eigenvalue weighted by atomic mass is 16.3. The zero-order valence-corrected chi connectivity index (χ0v) is 22.7. The van der Waals surface area contributed by atoms with Crippen LogP contribution >= 0.6 is 0 Å². The number of amides is 1. The summed E-state index contributed by atoms with van der Waals surface area (Å²) in [6.45, 7) is 4.07. The van der Waals surface area contributed by atoms with E-state index in [0.29, 0.717) is 6.42 Å². The van der Waals surface area contributed by atoms with Crippen LogP contribution in [0.3, 0.4) is 0 Å². The van der Waals surface area contributed by atoms with E-state index >= 15 is 0 Å². The van der Waals surface area contributed by atoms with Crippen molar-refractivity contribution in [1.29, 1.82) is 0 Å². The molecule has 0 fully saturated rings. The second-order valence-corrected chi connectivity index (χ2v) is 9.64. The Bertz CT molecular complexity index is 559. The third kappa shape index (κ3) is 22.8. The van der Waals surface area contributed by atoms with Gasteiger partial charge in [-0.1, -0.05) is 102 Å². The van der Waals surface area contributed by atoms with Crippen LogP contribution in [0.15, 0.2) is 36.5 Å². The van der Waals surface area contributed by atoms with Crippen LogP contribution in [0.4, 0.5) is 0 Å². The third-order valence-corrected chi connectivity index (χ3v) is 6.15. The van der Waals surface area contributed by atoms with Gasteiger partial charge in [0.1, 0.15) is 0 Å². The number of aliphatic hydroxyl groups excluding tert-OH is 3. The Morgan fingerprint density at radius 1 is 0.714 bits per heavy atom. The van der Waals surface area contributed by atoms with E-state index in [1.54, 1.807) is 6.08 Å². The van der Waals surface area contributed by atoms with E-state index in [2.05, 4.69) is 43.5 Å². The van der Waals surface area contributed by atoms with Gasteiger partial charge in [-0.25, -0.2) is 0 Å². The summed E-state index contributed by atoms with van der Waals surface area (Å²) in [6.07, 6.45) is 28.4. The number of rotatable bonds is 24. The minimum absolute atomic E-state index is 0.0112. The van der Waals surface area contributed by atoms with Gasteiger partial charge < -0.3 is 20.6 Å². The SMILES string of the molecule is CCCC/C=C\CCCCC(O)CC(=O)NC(CO)C(O)/C=C/CC/C=C/CCCCCCCC. The van der Waals surface area contributed by atoms with Gasteiger partial charge >= 0.3 is 0 Å². The Morgan fingerprint density at radius 3 is 1.91 bits per heavy atom. The number of carbonyl (C=O) groups is 1. The molecule has 3 unspecified atom stereocenters. The van der Waals surface area contributed by atoms with Gasteiger partial charge in [-0.3, -0.25) is 4.79 Å². The normalized spacial score (nSPS) is 14.8. The molecule has 4 N–H and O–H groups in total. The zero-order chi connectivity index (χ0) is 26.0. The highest BCUT2D eigenvalue weighted by Crippen LogP contribution is 2.09. The van der Waals surface area contributed by atoms with Crippen molar-refractivity contribution in [1.82, 2.24) is 5.32 Å². The molecule has 3 atom stereocenters. The average Bonchev–Trinajstić information content (AvgIpc) is 2.84. The fourth-order valence-corrected chi connectivity index (χ4v) is 3.86. The molecule has 0 aliphatic rings. The van der Waals surface area contributed by atoms with Gasteiger partial charge in [0.05, 0.1) is 31.3 Å². The molecule has 0 aliphatic heterocycles. The van der Waals surface area contributed by atoms with Crippen molar-refractivity contribution in [2.24, 2.45) is 0 Å². The Morgan fingerprint density at radius 2 is 1.26 bits per heavy atom. The molecule has 5 heteroatoms. The number of unbranched alkanes of at least 4 members (excludes halogenated alkanes) is 11. The molecule has 0 spiro atoms. The zero-order valence-electron chi connectivity index (χ0n) is 22.7. The van der Waals surface area contributed by atoms with Crippen molar-refractivity contribution in [2.45, 2.75) is 141 Å². The summed E-state index contributed by atoms with van der Waals surface area (Å²) in [7, 11) is 0. The van der Waals surface area contributed by atoms with E-state index in [1.165, 1.54) is 51.4 Å². The largest absolute Gasteiger partial charge is 0.394 e. The Labute approximate surface area is 215 Å². The Balaban J connectivity index is 3.96. The molecule has 0 saturated carbocycles. The van der Waals surface area contributed by atoms with Gasteiger partial charge in [-0.15, -0.1) is 0 Å². The predicted octanol–water partition coefficient (Wildman–Crippen LogP) is 6.53. The summed E-state index contributed by atoms with van der Waals surface area (Å²) < 4.78 is 0. The summed E-state index contributed by atoms with van der Waals surface area (Å²) in [5.41, 5.74) is 0. The summed E-state index contributed by atoms with van der Waals surface area (Å²) in [4.78, 5) is 12.2. The monoisotopic (exact) mass is 493 g/mol. The fourth-order valence-electron chi connectivity index (χ4n) is 3.86. The van der Waals surface area contributed by atoms with Crippen molar-refractivity contribution in [2.75, 3.05) is 6.61 Å². The van der Waals surface area contributed by atoms with E-state index in [4.69, 9.17) is 0 Å².